The molecule has 30 heavy (non-hydrogen) atoms. The van der Waals surface area contributed by atoms with Crippen LogP contribution in [0.25, 0.3) is 32.3 Å². The van der Waals surface area contributed by atoms with Crippen LogP contribution in [-0.2, 0) is 42.1 Å². The van der Waals surface area contributed by atoms with Crippen molar-refractivity contribution in [3.8, 4) is 23.7 Å². The minimum absolute atomic E-state index is 0. The minimum Gasteiger partial charge on any atom is -0.366 e. The van der Waals surface area contributed by atoms with Gasteiger partial charge in [-0.25, -0.2) is 0 Å². The number of hydrogen-bond donors (Lipinski definition) is 0. The molecule has 0 bridgehead atoms. The number of benzene rings is 5. The molecule has 0 radical (unpaired) electrons. The van der Waals surface area contributed by atoms with E-state index < -0.39 is 0 Å². The van der Waals surface area contributed by atoms with Crippen LogP contribution in [0.3, 0.4) is 0 Å². The van der Waals surface area contributed by atoms with Gasteiger partial charge in [0.15, 0.2) is 0 Å². The third-order valence-corrected chi connectivity index (χ3v) is 5.09. The first-order chi connectivity index (χ1) is 13.8. The third kappa shape index (κ3) is 3.69. The molecule has 0 N–H and O–H groups in total. The molecule has 5 rings (SSSR count). The van der Waals surface area contributed by atoms with E-state index >= 15 is 0 Å². The first-order valence-corrected chi connectivity index (χ1v) is 8.96. The summed E-state index contributed by atoms with van der Waals surface area (Å²) in [6.45, 7) is 0. The van der Waals surface area contributed by atoms with Crippen LogP contribution < -0.4 is 0 Å². The van der Waals surface area contributed by atoms with Gasteiger partial charge in [0, 0.05) is 47.7 Å². The molecule has 5 aromatic rings. The topological polar surface area (TPSA) is 0 Å². The zero-order valence-electron chi connectivity index (χ0n) is 15.6. The van der Waals surface area contributed by atoms with Crippen molar-refractivity contribution in [3.63, 3.8) is 0 Å². The third-order valence-electron chi connectivity index (χ3n) is 5.09. The Bertz CT molecular complexity index is 1480. The SMILES string of the molecule is [C-]#Cc1cc(C#[C-])cc(C#Cc2ccc3ccc4cccc5ccc2c3c45)c1.[Pt].[Pt]. The van der Waals surface area contributed by atoms with Crippen molar-refractivity contribution in [1.82, 2.24) is 0 Å². The van der Waals surface area contributed by atoms with E-state index in [2.05, 4.69) is 78.3 Å². The summed E-state index contributed by atoms with van der Waals surface area (Å²) < 4.78 is 0. The summed E-state index contributed by atoms with van der Waals surface area (Å²) in [5, 5.41) is 7.36. The molecule has 0 aliphatic heterocycles. The van der Waals surface area contributed by atoms with E-state index in [1.807, 2.05) is 0 Å². The van der Waals surface area contributed by atoms with Crippen molar-refractivity contribution in [2.75, 3.05) is 0 Å². The van der Waals surface area contributed by atoms with Gasteiger partial charge in [0.2, 0.25) is 0 Å². The van der Waals surface area contributed by atoms with E-state index in [1.54, 1.807) is 18.2 Å². The molecule has 0 aliphatic rings. The molecule has 0 amide bonds. The first kappa shape index (κ1) is 21.9. The first-order valence-electron chi connectivity index (χ1n) is 8.96. The van der Waals surface area contributed by atoms with Crippen LogP contribution >= 0.6 is 0 Å². The van der Waals surface area contributed by atoms with Gasteiger partial charge < -0.3 is 12.8 Å². The number of rotatable bonds is 0. The van der Waals surface area contributed by atoms with Crippen molar-refractivity contribution in [2.45, 2.75) is 0 Å². The molecule has 0 heterocycles. The molecule has 146 valence electrons. The molecule has 0 aromatic heterocycles. The van der Waals surface area contributed by atoms with Crippen LogP contribution in [0.15, 0.2) is 72.8 Å². The monoisotopic (exact) mass is 738 g/mol. The zero-order chi connectivity index (χ0) is 19.1. The molecule has 0 aliphatic carbocycles. The fourth-order valence-electron chi connectivity index (χ4n) is 3.83. The summed E-state index contributed by atoms with van der Waals surface area (Å²) in [6.07, 6.45) is 14.7. The average Bonchev–Trinajstić information content (AvgIpc) is 2.76. The molecule has 0 fully saturated rings. The largest absolute Gasteiger partial charge is 0.366 e. The molecule has 0 atom stereocenters. The van der Waals surface area contributed by atoms with Crippen molar-refractivity contribution in [2.24, 2.45) is 0 Å². The summed E-state index contributed by atoms with van der Waals surface area (Å²) in [5.74, 6) is 11.2. The second kappa shape index (κ2) is 8.91. The second-order valence-corrected chi connectivity index (χ2v) is 6.77. The van der Waals surface area contributed by atoms with Crippen LogP contribution in [-0.4, -0.2) is 0 Å². The van der Waals surface area contributed by atoms with Gasteiger partial charge in [-0.1, -0.05) is 60.4 Å². The van der Waals surface area contributed by atoms with E-state index in [4.69, 9.17) is 12.8 Å². The number of hydrogen-bond acceptors (Lipinski definition) is 0. The van der Waals surface area contributed by atoms with Gasteiger partial charge in [-0.2, -0.15) is 6.07 Å². The van der Waals surface area contributed by atoms with Crippen molar-refractivity contribution in [1.29, 1.82) is 0 Å². The zero-order valence-corrected chi connectivity index (χ0v) is 20.1. The minimum atomic E-state index is 0. The molecule has 0 spiro atoms. The van der Waals surface area contributed by atoms with Crippen LogP contribution in [0.1, 0.15) is 22.3 Å². The van der Waals surface area contributed by atoms with Gasteiger partial charge >= 0.3 is 0 Å². The Hall–Kier alpha value is -2.80. The summed E-state index contributed by atoms with van der Waals surface area (Å²) in [5.41, 5.74) is 2.90. The van der Waals surface area contributed by atoms with E-state index in [1.165, 1.54) is 26.9 Å². The van der Waals surface area contributed by atoms with Gasteiger partial charge in [-0.3, -0.25) is 11.8 Å². The smallest absolute Gasteiger partial charge is 0.0328 e. The fourth-order valence-corrected chi connectivity index (χ4v) is 3.83. The van der Waals surface area contributed by atoms with E-state index in [0.717, 1.165) is 16.5 Å². The summed E-state index contributed by atoms with van der Waals surface area (Å²) >= 11 is 0. The Kier molecular flexibility index (Phi) is 6.51. The predicted octanol–water partition coefficient (Wildman–Crippen LogP) is 5.85. The van der Waals surface area contributed by atoms with Gasteiger partial charge in [0.05, 0.1) is 0 Å². The van der Waals surface area contributed by atoms with Gasteiger partial charge in [0.1, 0.15) is 0 Å². The summed E-state index contributed by atoms with van der Waals surface area (Å²) in [6, 6.07) is 24.5. The van der Waals surface area contributed by atoms with Crippen LogP contribution in [0.2, 0.25) is 0 Å². The Labute approximate surface area is 204 Å². The van der Waals surface area contributed by atoms with Crippen molar-refractivity contribution >= 4 is 32.3 Å². The normalized spacial score (nSPS) is 9.80. The molecular formula is C28H12Pt2-2. The van der Waals surface area contributed by atoms with Crippen LogP contribution in [0, 0.1) is 36.5 Å². The molecular weight excluding hydrogens is 726 g/mol. The van der Waals surface area contributed by atoms with Crippen molar-refractivity contribution in [3.05, 3.63) is 108 Å². The van der Waals surface area contributed by atoms with E-state index in [0.29, 0.717) is 11.1 Å². The summed E-state index contributed by atoms with van der Waals surface area (Å²) in [4.78, 5) is 0. The van der Waals surface area contributed by atoms with Gasteiger partial charge in [-0.15, -0.1) is 23.3 Å². The molecule has 0 saturated carbocycles. The average molecular weight is 739 g/mol. The van der Waals surface area contributed by atoms with Gasteiger partial charge in [-0.05, 0) is 43.9 Å². The second-order valence-electron chi connectivity index (χ2n) is 6.77. The predicted molar refractivity (Wildman–Crippen MR) is 115 cm³/mol. The van der Waals surface area contributed by atoms with E-state index in [-0.39, 0.29) is 42.1 Å². The Morgan fingerprint density at radius 3 is 1.70 bits per heavy atom. The van der Waals surface area contributed by atoms with E-state index in [9.17, 15) is 0 Å². The Balaban J connectivity index is 0.00000128. The Morgan fingerprint density at radius 2 is 1.07 bits per heavy atom. The molecule has 0 unspecified atom stereocenters. The summed E-state index contributed by atoms with van der Waals surface area (Å²) in [7, 11) is 0. The molecule has 0 saturated heterocycles. The molecule has 0 nitrogen and oxygen atoms in total. The van der Waals surface area contributed by atoms with Crippen LogP contribution in [0.4, 0.5) is 0 Å². The standard InChI is InChI=1S/C28H12.2Pt/c1-3-19-16-20(4-2)18-21(17-19)8-9-22-10-11-25-13-12-23-6-5-7-24-14-15-26(22)28(25)27(23)24;;/h5-7,10-18H;;/q-2;;. The molecule has 5 aromatic carbocycles. The van der Waals surface area contributed by atoms with Gasteiger partial charge in [0.25, 0.3) is 0 Å². The Morgan fingerprint density at radius 1 is 0.533 bits per heavy atom. The van der Waals surface area contributed by atoms with Crippen LogP contribution in [0.5, 0.6) is 0 Å². The maximum atomic E-state index is 7.35. The van der Waals surface area contributed by atoms with Crippen molar-refractivity contribution < 1.29 is 42.1 Å². The quantitative estimate of drug-likeness (QED) is 0.106. The maximum absolute atomic E-state index is 7.35. The maximum Gasteiger partial charge on any atom is 0.0328 e. The fraction of sp³-hybridized carbons (Fsp3) is 0. The molecule has 2 heteroatoms.